The van der Waals surface area contributed by atoms with Crippen molar-refractivity contribution < 1.29 is 19.1 Å². The predicted octanol–water partition coefficient (Wildman–Crippen LogP) is 3.20. The van der Waals surface area contributed by atoms with Crippen molar-refractivity contribution in [1.29, 1.82) is 0 Å². The molecular weight excluding hydrogens is 370 g/mol. The molecular formula is C22H29N3O4. The molecule has 156 valence electrons. The SMILES string of the molecule is Cc1cccc(N2N=C(C(=O)OC(C)C(=O)N(C)C3CCCCC3)CCC2=O)c1. The third-order valence-electron chi connectivity index (χ3n) is 5.62. The summed E-state index contributed by atoms with van der Waals surface area (Å²) < 4.78 is 5.41. The summed E-state index contributed by atoms with van der Waals surface area (Å²) in [7, 11) is 1.78. The topological polar surface area (TPSA) is 79.3 Å². The number of benzene rings is 1. The summed E-state index contributed by atoms with van der Waals surface area (Å²) in [5, 5.41) is 5.47. The van der Waals surface area contributed by atoms with Gasteiger partial charge in [0.05, 0.1) is 5.69 Å². The summed E-state index contributed by atoms with van der Waals surface area (Å²) in [6, 6.07) is 7.57. The molecule has 1 saturated carbocycles. The van der Waals surface area contributed by atoms with Crippen molar-refractivity contribution in [2.75, 3.05) is 12.1 Å². The van der Waals surface area contributed by atoms with Crippen LogP contribution in [0.1, 0.15) is 57.4 Å². The lowest BCUT2D eigenvalue weighted by atomic mass is 9.94. The lowest BCUT2D eigenvalue weighted by Gasteiger charge is -2.32. The molecule has 0 spiro atoms. The van der Waals surface area contributed by atoms with Gasteiger partial charge in [-0.05, 0) is 44.4 Å². The van der Waals surface area contributed by atoms with Crippen LogP contribution in [0.2, 0.25) is 0 Å². The van der Waals surface area contributed by atoms with Crippen molar-refractivity contribution >= 4 is 29.2 Å². The third-order valence-corrected chi connectivity index (χ3v) is 5.62. The second-order valence-electron chi connectivity index (χ2n) is 7.88. The van der Waals surface area contributed by atoms with Crippen LogP contribution in [0, 0.1) is 6.92 Å². The number of ether oxygens (including phenoxy) is 1. The van der Waals surface area contributed by atoms with Crippen molar-refractivity contribution in [3.05, 3.63) is 29.8 Å². The quantitative estimate of drug-likeness (QED) is 0.712. The number of carbonyl (C=O) groups excluding carboxylic acids is 3. The Labute approximate surface area is 171 Å². The van der Waals surface area contributed by atoms with Crippen molar-refractivity contribution in [3.8, 4) is 0 Å². The molecule has 1 fully saturated rings. The van der Waals surface area contributed by atoms with Gasteiger partial charge in [0.1, 0.15) is 5.71 Å². The van der Waals surface area contributed by atoms with E-state index in [1.54, 1.807) is 24.9 Å². The van der Waals surface area contributed by atoms with Gasteiger partial charge in [-0.3, -0.25) is 9.59 Å². The van der Waals surface area contributed by atoms with E-state index in [2.05, 4.69) is 5.10 Å². The second kappa shape index (κ2) is 9.20. The van der Waals surface area contributed by atoms with Gasteiger partial charge in [-0.1, -0.05) is 31.4 Å². The first-order valence-electron chi connectivity index (χ1n) is 10.3. The lowest BCUT2D eigenvalue weighted by Crippen LogP contribution is -2.45. The molecule has 1 unspecified atom stereocenters. The van der Waals surface area contributed by atoms with Crippen LogP contribution < -0.4 is 5.01 Å². The Balaban J connectivity index is 1.66. The van der Waals surface area contributed by atoms with E-state index >= 15 is 0 Å². The van der Waals surface area contributed by atoms with Gasteiger partial charge in [-0.2, -0.15) is 5.10 Å². The molecule has 2 amide bonds. The molecule has 0 aromatic heterocycles. The van der Waals surface area contributed by atoms with Gasteiger partial charge in [0.2, 0.25) is 5.91 Å². The van der Waals surface area contributed by atoms with Crippen molar-refractivity contribution in [3.63, 3.8) is 0 Å². The Morgan fingerprint density at radius 3 is 2.62 bits per heavy atom. The number of nitrogens with zero attached hydrogens (tertiary/aromatic N) is 3. The number of hydrogen-bond donors (Lipinski definition) is 0. The van der Waals surface area contributed by atoms with Crippen LogP contribution in [0.15, 0.2) is 29.4 Å². The number of anilines is 1. The minimum Gasteiger partial charge on any atom is -0.448 e. The molecule has 0 radical (unpaired) electrons. The Kier molecular flexibility index (Phi) is 6.67. The van der Waals surface area contributed by atoms with E-state index in [0.717, 1.165) is 31.2 Å². The first kappa shape index (κ1) is 21.0. The number of hydrazone groups is 1. The number of hydrogen-bond acceptors (Lipinski definition) is 5. The summed E-state index contributed by atoms with van der Waals surface area (Å²) >= 11 is 0. The maximum absolute atomic E-state index is 12.7. The smallest absolute Gasteiger partial charge is 0.355 e. The molecule has 7 nitrogen and oxygen atoms in total. The molecule has 3 rings (SSSR count). The lowest BCUT2D eigenvalue weighted by molar-refractivity contribution is -0.154. The van der Waals surface area contributed by atoms with E-state index in [0.29, 0.717) is 5.69 Å². The predicted molar refractivity (Wildman–Crippen MR) is 111 cm³/mol. The first-order chi connectivity index (χ1) is 13.9. The van der Waals surface area contributed by atoms with E-state index in [4.69, 9.17) is 4.74 Å². The number of rotatable bonds is 5. The highest BCUT2D eigenvalue weighted by Crippen LogP contribution is 2.23. The minimum atomic E-state index is -0.887. The van der Waals surface area contributed by atoms with Crippen LogP contribution in [0.25, 0.3) is 0 Å². The van der Waals surface area contributed by atoms with Gasteiger partial charge >= 0.3 is 5.97 Å². The van der Waals surface area contributed by atoms with Gasteiger partial charge in [0.15, 0.2) is 6.10 Å². The Bertz CT molecular complexity index is 814. The number of esters is 1. The number of carbonyl (C=O) groups is 3. The number of aryl methyl sites for hydroxylation is 1. The molecule has 0 saturated heterocycles. The fourth-order valence-corrected chi connectivity index (χ4v) is 3.88. The van der Waals surface area contributed by atoms with Gasteiger partial charge in [-0.15, -0.1) is 0 Å². The third kappa shape index (κ3) is 5.02. The zero-order valence-electron chi connectivity index (χ0n) is 17.4. The Hall–Kier alpha value is -2.70. The summed E-state index contributed by atoms with van der Waals surface area (Å²) in [6.07, 6.45) is 4.92. The van der Waals surface area contributed by atoms with Crippen LogP contribution in [0.5, 0.6) is 0 Å². The highest BCUT2D eigenvalue weighted by Gasteiger charge is 2.31. The molecule has 7 heteroatoms. The normalized spacial score (nSPS) is 18.8. The fourth-order valence-electron chi connectivity index (χ4n) is 3.88. The van der Waals surface area contributed by atoms with Gasteiger partial charge in [0.25, 0.3) is 5.91 Å². The monoisotopic (exact) mass is 399 g/mol. The average molecular weight is 399 g/mol. The highest BCUT2D eigenvalue weighted by atomic mass is 16.5. The molecule has 1 atom stereocenters. The van der Waals surface area contributed by atoms with E-state index in [1.165, 1.54) is 11.4 Å². The van der Waals surface area contributed by atoms with Crippen molar-refractivity contribution in [2.24, 2.45) is 5.10 Å². The summed E-state index contributed by atoms with van der Waals surface area (Å²) in [5.74, 6) is -1.02. The fraction of sp³-hybridized carbons (Fsp3) is 0.545. The van der Waals surface area contributed by atoms with Crippen molar-refractivity contribution in [1.82, 2.24) is 4.90 Å². The largest absolute Gasteiger partial charge is 0.448 e. The minimum absolute atomic E-state index is 0.158. The van der Waals surface area contributed by atoms with E-state index in [1.807, 2.05) is 25.1 Å². The van der Waals surface area contributed by atoms with Crippen LogP contribution in [-0.4, -0.2) is 47.6 Å². The molecule has 29 heavy (non-hydrogen) atoms. The van der Waals surface area contributed by atoms with Crippen LogP contribution in [-0.2, 0) is 19.1 Å². The summed E-state index contributed by atoms with van der Waals surface area (Å²) in [5.41, 5.74) is 1.76. The molecule has 1 heterocycles. The first-order valence-corrected chi connectivity index (χ1v) is 10.3. The maximum Gasteiger partial charge on any atom is 0.355 e. The molecule has 1 aromatic carbocycles. The van der Waals surface area contributed by atoms with Crippen LogP contribution in [0.4, 0.5) is 5.69 Å². The zero-order valence-corrected chi connectivity index (χ0v) is 17.4. The summed E-state index contributed by atoms with van der Waals surface area (Å²) in [6.45, 7) is 3.51. The zero-order chi connectivity index (χ0) is 21.0. The molecule has 0 N–H and O–H groups in total. The highest BCUT2D eigenvalue weighted by molar-refractivity contribution is 6.38. The molecule has 1 aromatic rings. The van der Waals surface area contributed by atoms with E-state index in [9.17, 15) is 14.4 Å². The van der Waals surface area contributed by atoms with E-state index in [-0.39, 0.29) is 36.4 Å². The number of amides is 2. The van der Waals surface area contributed by atoms with E-state index < -0.39 is 12.1 Å². The van der Waals surface area contributed by atoms with Gasteiger partial charge in [-0.25, -0.2) is 9.80 Å². The van der Waals surface area contributed by atoms with Crippen LogP contribution in [0.3, 0.4) is 0 Å². The molecule has 2 aliphatic rings. The Morgan fingerprint density at radius 2 is 1.93 bits per heavy atom. The standard InChI is InChI=1S/C22H29N3O4/c1-15-8-7-11-18(14-15)25-20(26)13-12-19(23-25)22(28)29-16(2)21(27)24(3)17-9-5-4-6-10-17/h7-8,11,14,16-17H,4-6,9-10,12-13H2,1-3H3. The van der Waals surface area contributed by atoms with Crippen molar-refractivity contribution in [2.45, 2.75) is 70.9 Å². The summed E-state index contributed by atoms with van der Waals surface area (Å²) in [4.78, 5) is 39.3. The second-order valence-corrected chi connectivity index (χ2v) is 7.88. The Morgan fingerprint density at radius 1 is 1.21 bits per heavy atom. The molecule has 0 bridgehead atoms. The maximum atomic E-state index is 12.7. The average Bonchev–Trinajstić information content (AvgIpc) is 2.73. The van der Waals surface area contributed by atoms with Gasteiger partial charge in [0, 0.05) is 25.9 Å². The number of likely N-dealkylation sites (N-methyl/N-ethyl adjacent to an activating group) is 1. The van der Waals surface area contributed by atoms with Gasteiger partial charge < -0.3 is 9.64 Å². The van der Waals surface area contributed by atoms with Crippen LogP contribution >= 0.6 is 0 Å². The molecule has 1 aliphatic carbocycles. The molecule has 1 aliphatic heterocycles.